The highest BCUT2D eigenvalue weighted by Crippen LogP contribution is 2.38. The molecule has 3 heterocycles. The number of likely N-dealkylation sites (N-methyl/N-ethyl adjacent to an activating group) is 1. The van der Waals surface area contributed by atoms with Crippen LogP contribution in [0.25, 0.3) is 23.4 Å². The predicted octanol–water partition coefficient (Wildman–Crippen LogP) is 5.37. The molecule has 0 aliphatic rings. The number of nitrogens with zero attached hydrogens (tertiary/aromatic N) is 4. The molecule has 13 heteroatoms. The van der Waals surface area contributed by atoms with Gasteiger partial charge in [0.25, 0.3) is 5.89 Å². The maximum absolute atomic E-state index is 13.3. The van der Waals surface area contributed by atoms with E-state index in [4.69, 9.17) is 18.3 Å². The fourth-order valence-electron chi connectivity index (χ4n) is 4.21. The Bertz CT molecular complexity index is 1790. The summed E-state index contributed by atoms with van der Waals surface area (Å²) in [5.74, 6) is 3.08. The molecular formula is C30H29N4O8P. The second-order valence-corrected chi connectivity index (χ2v) is 11.0. The minimum atomic E-state index is -4.44. The van der Waals surface area contributed by atoms with Gasteiger partial charge in [-0.1, -0.05) is 24.3 Å². The largest absolute Gasteiger partial charge is 0.493 e. The van der Waals surface area contributed by atoms with E-state index in [9.17, 15) is 19.1 Å². The first-order chi connectivity index (χ1) is 20.6. The number of para-hydroxylation sites is 1. The van der Waals surface area contributed by atoms with Crippen LogP contribution < -0.4 is 14.4 Å². The van der Waals surface area contributed by atoms with E-state index in [1.165, 1.54) is 18.1 Å². The van der Waals surface area contributed by atoms with Gasteiger partial charge in [-0.25, -0.2) is 9.67 Å². The average Bonchev–Trinajstić information content (AvgIpc) is 3.75. The zero-order valence-electron chi connectivity index (χ0n) is 23.6. The minimum Gasteiger partial charge on any atom is -0.493 e. The molecule has 0 bridgehead atoms. The van der Waals surface area contributed by atoms with Crippen molar-refractivity contribution in [1.82, 2.24) is 14.8 Å². The van der Waals surface area contributed by atoms with Crippen molar-refractivity contribution < 1.29 is 37.5 Å². The Morgan fingerprint density at radius 2 is 1.91 bits per heavy atom. The summed E-state index contributed by atoms with van der Waals surface area (Å²) in [4.78, 5) is 37.8. The second kappa shape index (κ2) is 12.5. The van der Waals surface area contributed by atoms with Gasteiger partial charge in [0.1, 0.15) is 18.1 Å². The van der Waals surface area contributed by atoms with Crippen LogP contribution in [0.5, 0.6) is 11.5 Å². The van der Waals surface area contributed by atoms with Crippen LogP contribution in [0.1, 0.15) is 22.6 Å². The van der Waals surface area contributed by atoms with Crippen LogP contribution in [0.3, 0.4) is 0 Å². The summed E-state index contributed by atoms with van der Waals surface area (Å²) in [5, 5.41) is 4.52. The SMILES string of the molecule is COc1cc(CC(=O)N(C)c2nn(-c3ccccc3)cc2C=CP(=O)(O)O)ccc1OCc1nc(-c2ccco2)oc1C. The quantitative estimate of drug-likeness (QED) is 0.188. The maximum Gasteiger partial charge on any atom is 0.349 e. The molecule has 5 rings (SSSR count). The molecule has 0 saturated carbocycles. The topological polar surface area (TPSA) is 153 Å². The molecule has 0 aliphatic heterocycles. The first-order valence-electron chi connectivity index (χ1n) is 13.1. The van der Waals surface area contributed by atoms with Gasteiger partial charge in [-0.2, -0.15) is 0 Å². The number of amides is 1. The van der Waals surface area contributed by atoms with Gasteiger partial charge in [-0.15, -0.1) is 5.10 Å². The minimum absolute atomic E-state index is 0.00187. The Balaban J connectivity index is 1.31. The molecule has 5 aromatic rings. The van der Waals surface area contributed by atoms with Gasteiger partial charge in [-0.3, -0.25) is 14.3 Å². The number of furan rings is 1. The van der Waals surface area contributed by atoms with Crippen molar-refractivity contribution in [3.63, 3.8) is 0 Å². The molecule has 0 unspecified atom stereocenters. The number of rotatable bonds is 11. The van der Waals surface area contributed by atoms with Gasteiger partial charge >= 0.3 is 7.60 Å². The van der Waals surface area contributed by atoms with Crippen molar-refractivity contribution in [1.29, 1.82) is 0 Å². The third-order valence-corrected chi connectivity index (χ3v) is 6.99. The molecule has 0 atom stereocenters. The molecule has 0 fully saturated rings. The van der Waals surface area contributed by atoms with E-state index in [-0.39, 0.29) is 24.8 Å². The van der Waals surface area contributed by atoms with E-state index < -0.39 is 7.60 Å². The number of aryl methyl sites for hydroxylation is 1. The van der Waals surface area contributed by atoms with Crippen molar-refractivity contribution >= 4 is 25.4 Å². The zero-order valence-corrected chi connectivity index (χ0v) is 24.5. The fourth-order valence-corrected chi connectivity index (χ4v) is 4.57. The third kappa shape index (κ3) is 7.12. The zero-order chi connectivity index (χ0) is 30.6. The number of hydrogen-bond donors (Lipinski definition) is 2. The molecule has 0 aliphatic carbocycles. The van der Waals surface area contributed by atoms with Crippen LogP contribution >= 0.6 is 7.60 Å². The lowest BCUT2D eigenvalue weighted by Gasteiger charge is -2.17. The first kappa shape index (κ1) is 29.6. The van der Waals surface area contributed by atoms with Crippen molar-refractivity contribution in [2.75, 3.05) is 19.1 Å². The number of carbonyl (C=O) groups is 1. The smallest absolute Gasteiger partial charge is 0.349 e. The number of benzene rings is 2. The molecule has 12 nitrogen and oxygen atoms in total. The molecule has 2 N–H and O–H groups in total. The number of anilines is 1. The van der Waals surface area contributed by atoms with Crippen LogP contribution in [0.15, 0.2) is 87.8 Å². The summed E-state index contributed by atoms with van der Waals surface area (Å²) in [6.45, 7) is 1.92. The summed E-state index contributed by atoms with van der Waals surface area (Å²) in [7, 11) is -1.37. The van der Waals surface area contributed by atoms with Crippen molar-refractivity contribution in [2.24, 2.45) is 0 Å². The fraction of sp³-hybridized carbons (Fsp3) is 0.167. The Morgan fingerprint density at radius 1 is 1.12 bits per heavy atom. The molecule has 0 spiro atoms. The van der Waals surface area contributed by atoms with Gasteiger partial charge in [0.05, 0.1) is 25.5 Å². The van der Waals surface area contributed by atoms with Crippen molar-refractivity contribution in [3.05, 3.63) is 102 Å². The standard InChI is InChI=1S/C30H29N4O8P/c1-20-24(31-30(42-20)26-10-7-14-40-26)19-41-25-12-11-21(16-27(25)39-3)17-28(35)33(2)29-22(13-15-43(36,37)38)18-34(32-29)23-8-5-4-6-9-23/h4-16,18H,17,19H2,1-3H3,(H2,36,37,38). The number of oxazole rings is 1. The number of methoxy groups -OCH3 is 1. The van der Waals surface area contributed by atoms with Crippen LogP contribution in [-0.4, -0.2) is 44.6 Å². The average molecular weight is 605 g/mol. The molecule has 2 aromatic carbocycles. The number of aromatic nitrogens is 3. The second-order valence-electron chi connectivity index (χ2n) is 9.50. The summed E-state index contributed by atoms with van der Waals surface area (Å²) in [5.41, 5.74) is 2.35. The lowest BCUT2D eigenvalue weighted by atomic mass is 10.1. The molecule has 0 radical (unpaired) electrons. The Kier molecular flexibility index (Phi) is 8.63. The molecule has 222 valence electrons. The lowest BCUT2D eigenvalue weighted by Crippen LogP contribution is -2.29. The van der Waals surface area contributed by atoms with Gasteiger partial charge in [0.15, 0.2) is 23.1 Å². The van der Waals surface area contributed by atoms with E-state index in [0.29, 0.717) is 45.7 Å². The van der Waals surface area contributed by atoms with Crippen LogP contribution in [0.4, 0.5) is 5.82 Å². The summed E-state index contributed by atoms with van der Waals surface area (Å²) in [6.07, 6.45) is 4.40. The van der Waals surface area contributed by atoms with Crippen LogP contribution in [0.2, 0.25) is 0 Å². The molecule has 43 heavy (non-hydrogen) atoms. The highest BCUT2D eigenvalue weighted by molar-refractivity contribution is 7.55. The van der Waals surface area contributed by atoms with Crippen LogP contribution in [0, 0.1) is 6.92 Å². The number of ether oxygens (including phenoxy) is 2. The van der Waals surface area contributed by atoms with E-state index in [1.54, 1.807) is 61.4 Å². The highest BCUT2D eigenvalue weighted by Gasteiger charge is 2.21. The molecular weight excluding hydrogens is 575 g/mol. The van der Waals surface area contributed by atoms with Gasteiger partial charge in [0.2, 0.25) is 5.91 Å². The van der Waals surface area contributed by atoms with E-state index >= 15 is 0 Å². The molecule has 3 aromatic heterocycles. The highest BCUT2D eigenvalue weighted by atomic mass is 31.2. The Labute approximate surface area is 247 Å². The van der Waals surface area contributed by atoms with Gasteiger partial charge < -0.3 is 28.1 Å². The van der Waals surface area contributed by atoms with Gasteiger partial charge in [0, 0.05) is 24.6 Å². The first-order valence-corrected chi connectivity index (χ1v) is 14.8. The monoisotopic (exact) mass is 604 g/mol. The lowest BCUT2D eigenvalue weighted by molar-refractivity contribution is -0.117. The van der Waals surface area contributed by atoms with Crippen molar-refractivity contribution in [3.8, 4) is 28.8 Å². The molecule has 1 amide bonds. The predicted molar refractivity (Wildman–Crippen MR) is 158 cm³/mol. The van der Waals surface area contributed by atoms with E-state index in [2.05, 4.69) is 10.1 Å². The third-order valence-electron chi connectivity index (χ3n) is 6.46. The number of hydrogen-bond acceptors (Lipinski definition) is 8. The summed E-state index contributed by atoms with van der Waals surface area (Å²) >= 11 is 0. The normalized spacial score (nSPS) is 11.7. The molecule has 0 saturated heterocycles. The summed E-state index contributed by atoms with van der Waals surface area (Å²) in [6, 6.07) is 17.9. The van der Waals surface area contributed by atoms with E-state index in [1.807, 2.05) is 30.3 Å². The van der Waals surface area contributed by atoms with Gasteiger partial charge in [-0.05, 0) is 55.0 Å². The Morgan fingerprint density at radius 3 is 2.60 bits per heavy atom. The van der Waals surface area contributed by atoms with Crippen molar-refractivity contribution in [2.45, 2.75) is 20.0 Å². The Hall–Kier alpha value is -4.90. The number of carbonyl (C=O) groups excluding carboxylic acids is 1. The maximum atomic E-state index is 13.3. The van der Waals surface area contributed by atoms with Crippen LogP contribution in [-0.2, 0) is 22.4 Å². The van der Waals surface area contributed by atoms with E-state index in [0.717, 1.165) is 11.5 Å². The summed E-state index contributed by atoms with van der Waals surface area (Å²) < 4.78 is 35.5.